The van der Waals surface area contributed by atoms with E-state index in [1.165, 1.54) is 0 Å². The Bertz CT molecular complexity index is 838. The highest BCUT2D eigenvalue weighted by molar-refractivity contribution is 5.98. The van der Waals surface area contributed by atoms with Crippen molar-refractivity contribution in [2.24, 2.45) is 5.92 Å². The molecule has 1 saturated heterocycles. The Balaban J connectivity index is 1.78. The highest BCUT2D eigenvalue weighted by Crippen LogP contribution is 2.42. The van der Waals surface area contributed by atoms with E-state index < -0.39 is 11.5 Å². The summed E-state index contributed by atoms with van der Waals surface area (Å²) in [6.45, 7) is 0.607. The first-order valence-corrected chi connectivity index (χ1v) is 8.91. The van der Waals surface area contributed by atoms with E-state index in [1.807, 2.05) is 91.0 Å². The number of benzene rings is 3. The fourth-order valence-electron chi connectivity index (χ4n) is 3.89. The van der Waals surface area contributed by atoms with Crippen molar-refractivity contribution in [1.82, 2.24) is 0 Å². The van der Waals surface area contributed by atoms with Gasteiger partial charge in [-0.2, -0.15) is 0 Å². The lowest BCUT2D eigenvalue weighted by atomic mass is 9.75. The molecule has 0 spiro atoms. The molecule has 0 aromatic heterocycles. The number of hydrogen-bond donors (Lipinski definition) is 1. The molecule has 3 aromatic rings. The number of amides is 1. The summed E-state index contributed by atoms with van der Waals surface area (Å²) in [6, 6.07) is 28.7. The fourth-order valence-corrected chi connectivity index (χ4v) is 3.89. The van der Waals surface area contributed by atoms with Gasteiger partial charge in [0.15, 0.2) is 0 Å². The zero-order chi connectivity index (χ0) is 18.0. The molecule has 3 heteroatoms. The largest absolute Gasteiger partial charge is 0.380 e. The summed E-state index contributed by atoms with van der Waals surface area (Å²) in [5, 5.41) is 11.8. The molecule has 0 radical (unpaired) electrons. The van der Waals surface area contributed by atoms with Gasteiger partial charge in [-0.05, 0) is 29.7 Å². The number of nitrogens with zero attached hydrogens (tertiary/aromatic N) is 1. The molecule has 0 bridgehead atoms. The van der Waals surface area contributed by atoms with Gasteiger partial charge in [0, 0.05) is 12.2 Å². The van der Waals surface area contributed by atoms with E-state index in [-0.39, 0.29) is 5.91 Å². The van der Waals surface area contributed by atoms with Gasteiger partial charge in [-0.3, -0.25) is 4.79 Å². The lowest BCUT2D eigenvalue weighted by Gasteiger charge is -2.34. The Hall–Kier alpha value is -2.91. The van der Waals surface area contributed by atoms with Crippen molar-refractivity contribution in [2.75, 3.05) is 11.4 Å². The number of rotatable bonds is 4. The summed E-state index contributed by atoms with van der Waals surface area (Å²) in [7, 11) is 0. The number of hydrogen-bond acceptors (Lipinski definition) is 2. The van der Waals surface area contributed by atoms with E-state index in [9.17, 15) is 9.90 Å². The highest BCUT2D eigenvalue weighted by Gasteiger charge is 2.49. The van der Waals surface area contributed by atoms with Gasteiger partial charge >= 0.3 is 0 Å². The quantitative estimate of drug-likeness (QED) is 0.778. The van der Waals surface area contributed by atoms with Gasteiger partial charge in [0.05, 0.1) is 5.92 Å². The molecule has 0 saturated carbocycles. The second kappa shape index (κ2) is 6.77. The van der Waals surface area contributed by atoms with Crippen molar-refractivity contribution in [3.63, 3.8) is 0 Å². The molecular formula is C23H21NO2. The van der Waals surface area contributed by atoms with E-state index in [0.717, 1.165) is 16.8 Å². The normalized spacial score (nSPS) is 17.5. The van der Waals surface area contributed by atoms with Gasteiger partial charge in [0.1, 0.15) is 5.60 Å². The van der Waals surface area contributed by atoms with E-state index >= 15 is 0 Å². The Morgan fingerprint density at radius 3 is 1.73 bits per heavy atom. The van der Waals surface area contributed by atoms with Crippen LogP contribution in [0.5, 0.6) is 0 Å². The molecule has 0 aliphatic carbocycles. The molecule has 1 amide bonds. The van der Waals surface area contributed by atoms with Crippen LogP contribution in [0.3, 0.4) is 0 Å². The van der Waals surface area contributed by atoms with Crippen LogP contribution < -0.4 is 4.90 Å². The molecule has 4 rings (SSSR count). The maximum absolute atomic E-state index is 13.3. The maximum atomic E-state index is 13.3. The SMILES string of the molecule is O=C1[C@H](C(O)(c2ccccc2)c2ccccc2)CCN1c1ccccc1. The van der Waals surface area contributed by atoms with Crippen molar-refractivity contribution < 1.29 is 9.90 Å². The van der Waals surface area contributed by atoms with Crippen LogP contribution in [0.2, 0.25) is 0 Å². The minimum absolute atomic E-state index is 0.0357. The van der Waals surface area contributed by atoms with Crippen LogP contribution in [0, 0.1) is 5.92 Å². The summed E-state index contributed by atoms with van der Waals surface area (Å²) < 4.78 is 0. The van der Waals surface area contributed by atoms with Gasteiger partial charge in [0.2, 0.25) is 5.91 Å². The van der Waals surface area contributed by atoms with Crippen molar-refractivity contribution in [3.8, 4) is 0 Å². The number of carbonyl (C=O) groups is 1. The van der Waals surface area contributed by atoms with E-state index in [2.05, 4.69) is 0 Å². The summed E-state index contributed by atoms with van der Waals surface area (Å²) in [5.41, 5.74) is 1.03. The number of anilines is 1. The molecule has 130 valence electrons. The Labute approximate surface area is 153 Å². The van der Waals surface area contributed by atoms with Gasteiger partial charge in [-0.15, -0.1) is 0 Å². The minimum Gasteiger partial charge on any atom is -0.380 e. The molecule has 1 aliphatic heterocycles. The maximum Gasteiger partial charge on any atom is 0.233 e. The van der Waals surface area contributed by atoms with Crippen molar-refractivity contribution in [2.45, 2.75) is 12.0 Å². The molecule has 3 nitrogen and oxygen atoms in total. The first kappa shape index (κ1) is 16.6. The predicted molar refractivity (Wildman–Crippen MR) is 103 cm³/mol. The van der Waals surface area contributed by atoms with E-state index in [4.69, 9.17) is 0 Å². The van der Waals surface area contributed by atoms with Gasteiger partial charge in [-0.1, -0.05) is 78.9 Å². The van der Waals surface area contributed by atoms with Crippen LogP contribution in [0.1, 0.15) is 17.5 Å². The summed E-state index contributed by atoms with van der Waals surface area (Å²) in [4.78, 5) is 15.0. The van der Waals surface area contributed by atoms with Crippen LogP contribution in [-0.2, 0) is 10.4 Å². The van der Waals surface area contributed by atoms with Crippen LogP contribution in [0.15, 0.2) is 91.0 Å². The molecule has 26 heavy (non-hydrogen) atoms. The standard InChI is InChI=1S/C23H21NO2/c25-22-21(16-17-24(22)20-14-8-3-9-15-20)23(26,18-10-4-1-5-11-18)19-12-6-2-7-13-19/h1-15,21,26H,16-17H2/t21-/m1/s1. The molecule has 1 aliphatic rings. The smallest absolute Gasteiger partial charge is 0.233 e. The average Bonchev–Trinajstić information content (AvgIpc) is 3.11. The zero-order valence-electron chi connectivity index (χ0n) is 14.5. The first-order chi connectivity index (χ1) is 12.7. The summed E-state index contributed by atoms with van der Waals surface area (Å²) in [5.74, 6) is -0.557. The molecule has 1 heterocycles. The first-order valence-electron chi connectivity index (χ1n) is 8.91. The van der Waals surface area contributed by atoms with Crippen LogP contribution >= 0.6 is 0 Å². The Morgan fingerprint density at radius 1 is 0.769 bits per heavy atom. The van der Waals surface area contributed by atoms with Crippen molar-refractivity contribution in [1.29, 1.82) is 0 Å². The van der Waals surface area contributed by atoms with E-state index in [0.29, 0.717) is 13.0 Å². The lowest BCUT2D eigenvalue weighted by molar-refractivity contribution is -0.127. The fraction of sp³-hybridized carbons (Fsp3) is 0.174. The third kappa shape index (κ3) is 2.71. The van der Waals surface area contributed by atoms with Crippen molar-refractivity contribution in [3.05, 3.63) is 102 Å². The highest BCUT2D eigenvalue weighted by atomic mass is 16.3. The van der Waals surface area contributed by atoms with Gasteiger partial charge in [0.25, 0.3) is 0 Å². The molecule has 1 atom stereocenters. The summed E-state index contributed by atoms with van der Waals surface area (Å²) in [6.07, 6.45) is 0.605. The van der Waals surface area contributed by atoms with Crippen LogP contribution in [-0.4, -0.2) is 17.6 Å². The van der Waals surface area contributed by atoms with Crippen molar-refractivity contribution >= 4 is 11.6 Å². The minimum atomic E-state index is -1.34. The predicted octanol–water partition coefficient (Wildman–Crippen LogP) is 3.98. The van der Waals surface area contributed by atoms with Crippen LogP contribution in [0.25, 0.3) is 0 Å². The molecule has 3 aromatic carbocycles. The van der Waals surface area contributed by atoms with Gasteiger partial charge < -0.3 is 10.0 Å². The van der Waals surface area contributed by atoms with Crippen LogP contribution in [0.4, 0.5) is 5.69 Å². The lowest BCUT2D eigenvalue weighted by Crippen LogP contribution is -2.41. The average molecular weight is 343 g/mol. The molecule has 1 N–H and O–H groups in total. The molecule has 1 fully saturated rings. The number of aliphatic hydroxyl groups is 1. The second-order valence-corrected chi connectivity index (χ2v) is 6.67. The molecular weight excluding hydrogens is 322 g/mol. The van der Waals surface area contributed by atoms with E-state index in [1.54, 1.807) is 4.90 Å². The number of carbonyl (C=O) groups excluding carboxylic acids is 1. The molecule has 0 unspecified atom stereocenters. The Morgan fingerprint density at radius 2 is 1.23 bits per heavy atom. The topological polar surface area (TPSA) is 40.5 Å². The third-order valence-electron chi connectivity index (χ3n) is 5.21. The third-order valence-corrected chi connectivity index (χ3v) is 5.21. The number of para-hydroxylation sites is 1. The zero-order valence-corrected chi connectivity index (χ0v) is 14.5. The summed E-state index contributed by atoms with van der Waals surface area (Å²) >= 11 is 0. The van der Waals surface area contributed by atoms with Gasteiger partial charge in [-0.25, -0.2) is 0 Å². The Kier molecular flexibility index (Phi) is 4.31. The second-order valence-electron chi connectivity index (χ2n) is 6.67. The monoisotopic (exact) mass is 343 g/mol.